The molecule has 2 aromatic heterocycles. The molecule has 3 rings (SSSR count). The van der Waals surface area contributed by atoms with Gasteiger partial charge in [0.15, 0.2) is 11.2 Å². The predicted molar refractivity (Wildman–Crippen MR) is 173 cm³/mol. The number of fused-ring (bicyclic) bond motifs is 1. The number of rotatable bonds is 23. The lowest BCUT2D eigenvalue weighted by atomic mass is 10.1. The first-order valence-electron chi connectivity index (χ1n) is 15.3. The minimum Gasteiger partial charge on any atom is -0.480 e. The van der Waals surface area contributed by atoms with Crippen molar-refractivity contribution in [2.24, 2.45) is 0 Å². The monoisotopic (exact) mass is 657 g/mol. The lowest BCUT2D eigenvalue weighted by Gasteiger charge is -2.15. The number of hydrogen-bond donors (Lipinski definition) is 7. The van der Waals surface area contributed by atoms with Gasteiger partial charge in [0.25, 0.3) is 11.5 Å². The minimum atomic E-state index is -1.24. The maximum Gasteiger partial charge on any atom is 0.326 e. The normalized spacial score (nSPS) is 11.7. The van der Waals surface area contributed by atoms with Gasteiger partial charge in [-0.15, -0.1) is 0 Å². The number of aliphatic carboxylic acids is 1. The first-order chi connectivity index (χ1) is 22.8. The molecule has 0 saturated carbocycles. The number of anilines is 2. The molecule has 0 radical (unpaired) electrons. The van der Waals surface area contributed by atoms with Crippen molar-refractivity contribution in [3.05, 3.63) is 52.1 Å². The summed E-state index contributed by atoms with van der Waals surface area (Å²) in [6.45, 7) is 4.61. The minimum absolute atomic E-state index is 0.0495. The van der Waals surface area contributed by atoms with Gasteiger partial charge in [-0.25, -0.2) is 14.8 Å². The Hall–Kier alpha value is -4.71. The number of aromatic nitrogens is 4. The fourth-order valence-corrected chi connectivity index (χ4v) is 4.15. The third kappa shape index (κ3) is 13.7. The summed E-state index contributed by atoms with van der Waals surface area (Å²) in [5, 5.41) is 20.9. The number of carboxylic acids is 1. The van der Waals surface area contributed by atoms with Gasteiger partial charge in [-0.05, 0) is 57.1 Å². The van der Waals surface area contributed by atoms with E-state index in [1.807, 2.05) is 7.05 Å². The van der Waals surface area contributed by atoms with Crippen LogP contribution in [0.5, 0.6) is 0 Å². The van der Waals surface area contributed by atoms with E-state index in [-0.39, 0.29) is 48.0 Å². The Kier molecular flexibility index (Phi) is 16.0. The standard InChI is InChI=1S/C30H43N9O8/c1-32-10-2-12-45-14-16-47-17-15-46-13-3-11-33-24(40)9-8-23(29(43)44)37-27(41)20-4-6-21(7-5-20)34-18-22-19-35-26-25(36-22)28(42)39-30(31)38-26/h4-7,19,23,32,34H,2-3,8-18H2,1H3,(H,33,40)(H,37,41)(H,43,44)(H3,31,35,38,39,42)/t23-/m0/s1. The van der Waals surface area contributed by atoms with Gasteiger partial charge in [0.2, 0.25) is 11.9 Å². The second-order valence-corrected chi connectivity index (χ2v) is 10.3. The molecule has 2 amide bonds. The molecular formula is C30H43N9O8. The second-order valence-electron chi connectivity index (χ2n) is 10.3. The van der Waals surface area contributed by atoms with Crippen LogP contribution in [0.4, 0.5) is 11.6 Å². The molecule has 0 saturated heterocycles. The van der Waals surface area contributed by atoms with Gasteiger partial charge in [0.1, 0.15) is 6.04 Å². The van der Waals surface area contributed by atoms with E-state index in [0.717, 1.165) is 13.0 Å². The van der Waals surface area contributed by atoms with Crippen molar-refractivity contribution in [1.29, 1.82) is 0 Å². The first kappa shape index (κ1) is 36.8. The lowest BCUT2D eigenvalue weighted by Crippen LogP contribution is -2.41. The maximum atomic E-state index is 12.7. The van der Waals surface area contributed by atoms with E-state index in [2.05, 4.69) is 41.2 Å². The highest BCUT2D eigenvalue weighted by atomic mass is 16.5. The molecule has 17 nitrogen and oxygen atoms in total. The highest BCUT2D eigenvalue weighted by Crippen LogP contribution is 2.12. The molecule has 0 unspecified atom stereocenters. The van der Waals surface area contributed by atoms with Crippen LogP contribution in [0.1, 0.15) is 41.7 Å². The van der Waals surface area contributed by atoms with Crippen molar-refractivity contribution in [1.82, 2.24) is 35.9 Å². The van der Waals surface area contributed by atoms with E-state index in [1.165, 1.54) is 18.3 Å². The number of nitrogens with zero attached hydrogens (tertiary/aromatic N) is 3. The third-order valence-corrected chi connectivity index (χ3v) is 6.62. The van der Waals surface area contributed by atoms with Gasteiger partial charge in [0, 0.05) is 37.4 Å². The summed E-state index contributed by atoms with van der Waals surface area (Å²) in [4.78, 5) is 63.4. The number of amides is 2. The van der Waals surface area contributed by atoms with Crippen LogP contribution in [0.2, 0.25) is 0 Å². The Morgan fingerprint density at radius 2 is 1.62 bits per heavy atom. The van der Waals surface area contributed by atoms with Crippen molar-refractivity contribution in [2.75, 3.05) is 70.8 Å². The van der Waals surface area contributed by atoms with Crippen molar-refractivity contribution in [2.45, 2.75) is 38.3 Å². The molecular weight excluding hydrogens is 614 g/mol. The molecule has 8 N–H and O–H groups in total. The smallest absolute Gasteiger partial charge is 0.326 e. The predicted octanol–water partition coefficient (Wildman–Crippen LogP) is 0.0362. The average molecular weight is 658 g/mol. The maximum absolute atomic E-state index is 12.7. The Morgan fingerprint density at radius 3 is 2.28 bits per heavy atom. The van der Waals surface area contributed by atoms with E-state index >= 15 is 0 Å². The number of hydrogen-bond acceptors (Lipinski definition) is 13. The SMILES string of the molecule is CNCCCOCCOCCOCCCNC(=O)CC[C@H](NC(=O)c1ccc(NCc2cnc3nc(N)[nH]c(=O)c3n2)cc1)C(=O)O. The average Bonchev–Trinajstić information content (AvgIpc) is 3.05. The topological polar surface area (TPSA) is 245 Å². The van der Waals surface area contributed by atoms with Crippen molar-refractivity contribution in [3.8, 4) is 0 Å². The van der Waals surface area contributed by atoms with Gasteiger partial charge in [-0.3, -0.25) is 19.4 Å². The molecule has 0 fully saturated rings. The Balaban J connectivity index is 1.29. The fourth-order valence-electron chi connectivity index (χ4n) is 4.15. The Labute approximate surface area is 271 Å². The Morgan fingerprint density at radius 1 is 0.957 bits per heavy atom. The van der Waals surface area contributed by atoms with Crippen LogP contribution in [0.15, 0.2) is 35.3 Å². The number of nitrogen functional groups attached to an aromatic ring is 1. The van der Waals surface area contributed by atoms with Gasteiger partial charge in [-0.2, -0.15) is 4.98 Å². The summed E-state index contributed by atoms with van der Waals surface area (Å²) in [7, 11) is 1.90. The van der Waals surface area contributed by atoms with Crippen LogP contribution in [-0.4, -0.2) is 109 Å². The van der Waals surface area contributed by atoms with E-state index < -0.39 is 23.5 Å². The number of carboxylic acid groups (broad SMARTS) is 1. The molecule has 0 bridgehead atoms. The van der Waals surface area contributed by atoms with E-state index in [1.54, 1.807) is 12.1 Å². The zero-order valence-electron chi connectivity index (χ0n) is 26.4. The summed E-state index contributed by atoms with van der Waals surface area (Å²) in [6, 6.07) is 5.10. The zero-order valence-corrected chi connectivity index (χ0v) is 26.4. The number of nitrogens with two attached hydrogens (primary N) is 1. The number of nitrogens with one attached hydrogen (secondary N) is 5. The van der Waals surface area contributed by atoms with Crippen LogP contribution < -0.4 is 32.6 Å². The van der Waals surface area contributed by atoms with E-state index in [9.17, 15) is 24.3 Å². The van der Waals surface area contributed by atoms with Crippen LogP contribution in [-0.2, 0) is 30.3 Å². The molecule has 3 aromatic rings. The highest BCUT2D eigenvalue weighted by molar-refractivity contribution is 5.97. The first-order valence-corrected chi connectivity index (χ1v) is 15.3. The number of ether oxygens (including phenoxy) is 3. The molecule has 47 heavy (non-hydrogen) atoms. The van der Waals surface area contributed by atoms with Gasteiger partial charge in [-0.1, -0.05) is 0 Å². The molecule has 256 valence electrons. The molecule has 0 aliphatic heterocycles. The summed E-state index contributed by atoms with van der Waals surface area (Å²) >= 11 is 0. The molecule has 0 aliphatic carbocycles. The van der Waals surface area contributed by atoms with Crippen LogP contribution in [0.25, 0.3) is 11.2 Å². The highest BCUT2D eigenvalue weighted by Gasteiger charge is 2.21. The number of carbonyl (C=O) groups is 3. The summed E-state index contributed by atoms with van der Waals surface area (Å²) in [5.74, 6) is -2.20. The fraction of sp³-hybridized carbons (Fsp3) is 0.500. The third-order valence-electron chi connectivity index (χ3n) is 6.62. The molecule has 0 aliphatic rings. The van der Waals surface area contributed by atoms with E-state index in [4.69, 9.17) is 19.9 Å². The molecule has 2 heterocycles. The van der Waals surface area contributed by atoms with E-state index in [0.29, 0.717) is 64.0 Å². The number of carbonyl (C=O) groups excluding carboxylic acids is 2. The number of H-pyrrole nitrogens is 1. The molecule has 17 heteroatoms. The quantitative estimate of drug-likeness (QED) is 0.0666. The van der Waals surface area contributed by atoms with Crippen LogP contribution in [0, 0.1) is 0 Å². The number of benzene rings is 1. The molecule has 1 atom stereocenters. The van der Waals surface area contributed by atoms with Crippen molar-refractivity contribution >= 4 is 40.6 Å². The van der Waals surface area contributed by atoms with Crippen molar-refractivity contribution < 1.29 is 33.7 Å². The van der Waals surface area contributed by atoms with Crippen LogP contribution >= 0.6 is 0 Å². The van der Waals surface area contributed by atoms with Crippen molar-refractivity contribution in [3.63, 3.8) is 0 Å². The summed E-state index contributed by atoms with van der Waals surface area (Å²) in [5.41, 5.74) is 6.59. The lowest BCUT2D eigenvalue weighted by molar-refractivity contribution is -0.139. The summed E-state index contributed by atoms with van der Waals surface area (Å²) < 4.78 is 16.3. The van der Waals surface area contributed by atoms with Gasteiger partial charge < -0.3 is 46.3 Å². The van der Waals surface area contributed by atoms with Crippen LogP contribution in [0.3, 0.4) is 0 Å². The zero-order chi connectivity index (χ0) is 33.9. The molecule has 1 aromatic carbocycles. The second kappa shape index (κ2) is 20.4. The molecule has 0 spiro atoms. The van der Waals surface area contributed by atoms with Gasteiger partial charge >= 0.3 is 5.97 Å². The number of aromatic amines is 1. The largest absolute Gasteiger partial charge is 0.480 e. The van der Waals surface area contributed by atoms with Gasteiger partial charge in [0.05, 0.1) is 44.9 Å². The Bertz CT molecular complexity index is 1490. The summed E-state index contributed by atoms with van der Waals surface area (Å²) in [6.07, 6.45) is 2.87.